The van der Waals surface area contributed by atoms with Crippen LogP contribution >= 0.6 is 11.6 Å². The van der Waals surface area contributed by atoms with Crippen LogP contribution in [0.1, 0.15) is 27.0 Å². The minimum atomic E-state index is -0.0611. The number of hydrogen-bond acceptors (Lipinski definition) is 4. The van der Waals surface area contributed by atoms with Gasteiger partial charge in [0.1, 0.15) is 6.61 Å². The van der Waals surface area contributed by atoms with Gasteiger partial charge in [-0.25, -0.2) is 0 Å². The highest BCUT2D eigenvalue weighted by Crippen LogP contribution is 2.37. The number of fused-ring (bicyclic) bond motifs is 1. The molecule has 0 fully saturated rings. The first-order chi connectivity index (χ1) is 15.1. The van der Waals surface area contributed by atoms with Crippen molar-refractivity contribution in [3.63, 3.8) is 0 Å². The van der Waals surface area contributed by atoms with Crippen molar-refractivity contribution in [1.29, 1.82) is 0 Å². The number of nitrogens with zero attached hydrogens (tertiary/aromatic N) is 1. The van der Waals surface area contributed by atoms with Crippen LogP contribution in [0.2, 0.25) is 0 Å². The van der Waals surface area contributed by atoms with Gasteiger partial charge in [0.2, 0.25) is 0 Å². The summed E-state index contributed by atoms with van der Waals surface area (Å²) >= 11 is 5.93. The number of ether oxygens (including phenoxy) is 2. The van der Waals surface area contributed by atoms with E-state index in [4.69, 9.17) is 21.1 Å². The van der Waals surface area contributed by atoms with Crippen molar-refractivity contribution < 1.29 is 14.3 Å². The maximum atomic E-state index is 13.4. The van der Waals surface area contributed by atoms with Crippen LogP contribution in [-0.4, -0.2) is 26.6 Å². The number of anilines is 2. The van der Waals surface area contributed by atoms with Crippen molar-refractivity contribution in [3.05, 3.63) is 82.9 Å². The molecule has 31 heavy (non-hydrogen) atoms. The summed E-state index contributed by atoms with van der Waals surface area (Å²) in [5.74, 6) is 1.48. The van der Waals surface area contributed by atoms with Gasteiger partial charge in [-0.3, -0.25) is 4.79 Å². The third kappa shape index (κ3) is 4.32. The summed E-state index contributed by atoms with van der Waals surface area (Å²) in [7, 11) is 3.37. The Morgan fingerprint density at radius 3 is 2.65 bits per heavy atom. The Morgan fingerprint density at radius 2 is 1.87 bits per heavy atom. The summed E-state index contributed by atoms with van der Waals surface area (Å²) in [6.07, 6.45) is 0.858. The molecule has 1 heterocycles. The molecule has 3 aromatic carbocycles. The minimum Gasteiger partial charge on any atom is -0.493 e. The minimum absolute atomic E-state index is 0.0611. The maximum absolute atomic E-state index is 13.4. The number of rotatable bonds is 7. The Hall–Kier alpha value is -3.18. The summed E-state index contributed by atoms with van der Waals surface area (Å²) in [4.78, 5) is 15.2. The fourth-order valence-corrected chi connectivity index (χ4v) is 4.04. The average molecular weight is 437 g/mol. The second kappa shape index (κ2) is 9.31. The van der Waals surface area contributed by atoms with E-state index in [2.05, 4.69) is 11.4 Å². The predicted molar refractivity (Wildman–Crippen MR) is 125 cm³/mol. The number of hydrogen-bond donors (Lipinski definition) is 1. The van der Waals surface area contributed by atoms with Crippen molar-refractivity contribution in [2.45, 2.75) is 18.9 Å². The highest BCUT2D eigenvalue weighted by atomic mass is 35.5. The van der Waals surface area contributed by atoms with E-state index in [1.165, 1.54) is 5.56 Å². The van der Waals surface area contributed by atoms with Crippen molar-refractivity contribution >= 4 is 28.9 Å². The lowest BCUT2D eigenvalue weighted by Gasteiger charge is -2.21. The van der Waals surface area contributed by atoms with Gasteiger partial charge in [-0.1, -0.05) is 42.5 Å². The molecule has 1 amide bonds. The summed E-state index contributed by atoms with van der Waals surface area (Å²) in [5, 5.41) is 3.13. The molecular weight excluding hydrogens is 412 g/mol. The van der Waals surface area contributed by atoms with Gasteiger partial charge in [0.05, 0.1) is 18.4 Å². The molecule has 3 aromatic rings. The Bertz CT molecular complexity index is 1100. The van der Waals surface area contributed by atoms with Crippen LogP contribution in [-0.2, 0) is 18.9 Å². The number of carbonyl (C=O) groups is 1. The molecule has 1 aliphatic rings. The molecule has 0 aromatic heterocycles. The number of amides is 1. The van der Waals surface area contributed by atoms with Crippen LogP contribution in [0.4, 0.5) is 11.4 Å². The third-order valence-corrected chi connectivity index (χ3v) is 5.78. The van der Waals surface area contributed by atoms with Gasteiger partial charge in [0.25, 0.3) is 5.91 Å². The van der Waals surface area contributed by atoms with Crippen LogP contribution < -0.4 is 19.7 Å². The molecule has 0 unspecified atom stereocenters. The summed E-state index contributed by atoms with van der Waals surface area (Å²) < 4.78 is 11.6. The maximum Gasteiger partial charge on any atom is 0.260 e. The zero-order valence-corrected chi connectivity index (χ0v) is 18.4. The largest absolute Gasteiger partial charge is 0.493 e. The van der Waals surface area contributed by atoms with E-state index < -0.39 is 0 Å². The molecular formula is C25H25ClN2O3. The van der Waals surface area contributed by atoms with E-state index in [1.54, 1.807) is 20.2 Å². The van der Waals surface area contributed by atoms with E-state index in [1.807, 2.05) is 53.4 Å². The first-order valence-electron chi connectivity index (χ1n) is 10.2. The third-order valence-electron chi connectivity index (χ3n) is 5.48. The number of benzene rings is 3. The molecule has 4 rings (SSSR count). The molecule has 0 radical (unpaired) electrons. The molecule has 0 saturated heterocycles. The van der Waals surface area contributed by atoms with Crippen LogP contribution in [0.5, 0.6) is 11.5 Å². The standard InChI is InChI=1S/C25H25ClN2O3/c1-27-21-14-24(31-16-18-7-5-6-17(12-18)15-26)23(30-2)13-20(21)25(29)28-11-10-19-8-3-4-9-22(19)28/h3-9,12-14,27H,10-11,15-16H2,1-2H3. The van der Waals surface area contributed by atoms with Crippen LogP contribution in [0, 0.1) is 0 Å². The molecule has 0 bridgehead atoms. The van der Waals surface area contributed by atoms with Gasteiger partial charge in [-0.05, 0) is 35.2 Å². The van der Waals surface area contributed by atoms with Gasteiger partial charge >= 0.3 is 0 Å². The van der Waals surface area contributed by atoms with Gasteiger partial charge in [0.15, 0.2) is 11.5 Å². The van der Waals surface area contributed by atoms with E-state index >= 15 is 0 Å². The number of halogens is 1. The topological polar surface area (TPSA) is 50.8 Å². The average Bonchev–Trinajstić information content (AvgIpc) is 3.26. The van der Waals surface area contributed by atoms with Crippen molar-refractivity contribution in [2.24, 2.45) is 0 Å². The van der Waals surface area contributed by atoms with Crippen molar-refractivity contribution in [3.8, 4) is 11.5 Å². The Balaban J connectivity index is 1.61. The SMILES string of the molecule is CNc1cc(OCc2cccc(CCl)c2)c(OC)cc1C(=O)N1CCc2ccccc21. The van der Waals surface area contributed by atoms with E-state index in [-0.39, 0.29) is 5.91 Å². The molecule has 6 heteroatoms. The highest BCUT2D eigenvalue weighted by Gasteiger charge is 2.28. The van der Waals surface area contributed by atoms with Crippen molar-refractivity contribution in [1.82, 2.24) is 0 Å². The van der Waals surface area contributed by atoms with Crippen LogP contribution in [0.25, 0.3) is 0 Å². The Morgan fingerprint density at radius 1 is 1.06 bits per heavy atom. The molecule has 0 aliphatic carbocycles. The molecule has 160 valence electrons. The molecule has 0 spiro atoms. The normalized spacial score (nSPS) is 12.4. The number of alkyl halides is 1. The summed E-state index contributed by atoms with van der Waals surface area (Å²) in [6, 6.07) is 19.5. The van der Waals surface area contributed by atoms with Crippen LogP contribution in [0.15, 0.2) is 60.7 Å². The zero-order valence-electron chi connectivity index (χ0n) is 17.7. The Kier molecular flexibility index (Phi) is 6.33. The number of carbonyl (C=O) groups excluding carboxylic acids is 1. The quantitative estimate of drug-likeness (QED) is 0.513. The summed E-state index contributed by atoms with van der Waals surface area (Å²) in [6.45, 7) is 1.04. The fraction of sp³-hybridized carbons (Fsp3) is 0.240. The van der Waals surface area contributed by atoms with Gasteiger partial charge in [0, 0.05) is 31.2 Å². The molecule has 0 saturated carbocycles. The second-order valence-corrected chi connectivity index (χ2v) is 7.64. The smallest absolute Gasteiger partial charge is 0.260 e. The van der Waals surface area contributed by atoms with Crippen LogP contribution in [0.3, 0.4) is 0 Å². The number of methoxy groups -OCH3 is 1. The number of para-hydroxylation sites is 1. The number of nitrogens with one attached hydrogen (secondary N) is 1. The predicted octanol–water partition coefficient (Wildman–Crippen LogP) is 5.26. The molecule has 1 N–H and O–H groups in total. The lowest BCUT2D eigenvalue weighted by atomic mass is 10.1. The monoisotopic (exact) mass is 436 g/mol. The van der Waals surface area contributed by atoms with Crippen molar-refractivity contribution in [2.75, 3.05) is 30.9 Å². The lowest BCUT2D eigenvalue weighted by molar-refractivity contribution is 0.0989. The van der Waals surface area contributed by atoms with E-state index in [0.717, 1.165) is 23.2 Å². The summed E-state index contributed by atoms with van der Waals surface area (Å²) in [5.41, 5.74) is 5.45. The fourth-order valence-electron chi connectivity index (χ4n) is 3.87. The molecule has 5 nitrogen and oxygen atoms in total. The first-order valence-corrected chi connectivity index (χ1v) is 10.7. The second-order valence-electron chi connectivity index (χ2n) is 7.38. The van der Waals surface area contributed by atoms with E-state index in [9.17, 15) is 4.79 Å². The van der Waals surface area contributed by atoms with Gasteiger partial charge < -0.3 is 19.7 Å². The molecule has 1 aliphatic heterocycles. The molecule has 0 atom stereocenters. The van der Waals surface area contributed by atoms with E-state index in [0.29, 0.717) is 41.8 Å². The Labute approximate surface area is 187 Å². The highest BCUT2D eigenvalue weighted by molar-refractivity contribution is 6.17. The van der Waals surface area contributed by atoms with Gasteiger partial charge in [-0.2, -0.15) is 0 Å². The van der Waals surface area contributed by atoms with Gasteiger partial charge in [-0.15, -0.1) is 11.6 Å². The zero-order chi connectivity index (χ0) is 21.8. The lowest BCUT2D eigenvalue weighted by Crippen LogP contribution is -2.29. The first kappa shape index (κ1) is 21.1.